The van der Waals surface area contributed by atoms with Gasteiger partial charge in [-0.25, -0.2) is 0 Å². The van der Waals surface area contributed by atoms with E-state index in [9.17, 15) is 4.79 Å². The molecule has 0 saturated heterocycles. The summed E-state index contributed by atoms with van der Waals surface area (Å²) in [6.45, 7) is 0. The van der Waals surface area contributed by atoms with Crippen molar-refractivity contribution in [2.75, 3.05) is 5.32 Å². The first-order chi connectivity index (χ1) is 8.79. The zero-order chi connectivity index (χ0) is 12.8. The average Bonchev–Trinajstić information content (AvgIpc) is 2.40. The van der Waals surface area contributed by atoms with Gasteiger partial charge in [0.05, 0.1) is 11.8 Å². The van der Waals surface area contributed by atoms with Crippen molar-refractivity contribution in [1.29, 1.82) is 5.26 Å². The summed E-state index contributed by atoms with van der Waals surface area (Å²) in [6, 6.07) is 14.8. The van der Waals surface area contributed by atoms with Gasteiger partial charge in [0.15, 0.2) is 0 Å². The van der Waals surface area contributed by atoms with Crippen LogP contribution in [0.2, 0.25) is 0 Å². The van der Waals surface area contributed by atoms with Crippen LogP contribution in [0.5, 0.6) is 0 Å². The molecule has 2 rings (SSSR count). The third-order valence-electron chi connectivity index (χ3n) is 2.35. The van der Waals surface area contributed by atoms with Gasteiger partial charge in [0.1, 0.15) is 6.42 Å². The lowest BCUT2D eigenvalue weighted by atomic mass is 10.1. The van der Waals surface area contributed by atoms with Gasteiger partial charge in [-0.15, -0.1) is 0 Å². The molecule has 1 N–H and O–H groups in total. The van der Waals surface area contributed by atoms with E-state index >= 15 is 0 Å². The van der Waals surface area contributed by atoms with Crippen LogP contribution in [0.1, 0.15) is 6.42 Å². The standard InChI is InChI=1S/C14H11N3O/c15-8-7-14(18)17-12-5-3-4-11(10-12)13-6-1-2-9-16-13/h1-6,9-10H,7H2,(H,17,18). The number of aromatic nitrogens is 1. The Kier molecular flexibility index (Phi) is 3.67. The molecule has 18 heavy (non-hydrogen) atoms. The number of pyridine rings is 1. The molecular formula is C14H11N3O. The first-order valence-corrected chi connectivity index (χ1v) is 5.48. The second kappa shape index (κ2) is 5.60. The van der Waals surface area contributed by atoms with E-state index in [0.717, 1.165) is 11.3 Å². The molecule has 0 unspecified atom stereocenters. The molecule has 88 valence electrons. The number of benzene rings is 1. The monoisotopic (exact) mass is 237 g/mol. The van der Waals surface area contributed by atoms with Crippen LogP contribution >= 0.6 is 0 Å². The summed E-state index contributed by atoms with van der Waals surface area (Å²) in [5.41, 5.74) is 2.43. The summed E-state index contributed by atoms with van der Waals surface area (Å²) in [5.74, 6) is -0.310. The molecule has 1 aromatic heterocycles. The summed E-state index contributed by atoms with van der Waals surface area (Å²) >= 11 is 0. The van der Waals surface area contributed by atoms with Gasteiger partial charge in [-0.2, -0.15) is 5.26 Å². The van der Waals surface area contributed by atoms with Crippen molar-refractivity contribution in [2.45, 2.75) is 6.42 Å². The summed E-state index contributed by atoms with van der Waals surface area (Å²) in [5, 5.41) is 11.1. The fourth-order valence-corrected chi connectivity index (χ4v) is 1.57. The topological polar surface area (TPSA) is 65.8 Å². The van der Waals surface area contributed by atoms with Crippen LogP contribution in [0.25, 0.3) is 11.3 Å². The van der Waals surface area contributed by atoms with E-state index < -0.39 is 0 Å². The number of hydrogen-bond acceptors (Lipinski definition) is 3. The van der Waals surface area contributed by atoms with Crippen LogP contribution in [0, 0.1) is 11.3 Å². The Morgan fingerprint density at radius 2 is 2.17 bits per heavy atom. The second-order valence-electron chi connectivity index (χ2n) is 3.68. The first kappa shape index (κ1) is 11.8. The lowest BCUT2D eigenvalue weighted by molar-refractivity contribution is -0.115. The Bertz CT molecular complexity index is 587. The van der Waals surface area contributed by atoms with Gasteiger partial charge in [-0.3, -0.25) is 9.78 Å². The fraction of sp³-hybridized carbons (Fsp3) is 0.0714. The summed E-state index contributed by atoms with van der Waals surface area (Å²) in [7, 11) is 0. The molecular weight excluding hydrogens is 226 g/mol. The molecule has 0 bridgehead atoms. The number of nitrogens with one attached hydrogen (secondary N) is 1. The normalized spacial score (nSPS) is 9.50. The summed E-state index contributed by atoms with van der Waals surface area (Å²) in [4.78, 5) is 15.6. The molecule has 0 radical (unpaired) electrons. The SMILES string of the molecule is N#CCC(=O)Nc1cccc(-c2ccccn2)c1. The smallest absolute Gasteiger partial charge is 0.238 e. The van der Waals surface area contributed by atoms with Crippen molar-refractivity contribution >= 4 is 11.6 Å². The highest BCUT2D eigenvalue weighted by Crippen LogP contribution is 2.20. The Morgan fingerprint density at radius 1 is 1.28 bits per heavy atom. The number of nitriles is 1. The van der Waals surface area contributed by atoms with E-state index in [1.165, 1.54) is 0 Å². The van der Waals surface area contributed by atoms with E-state index in [1.54, 1.807) is 12.3 Å². The maximum absolute atomic E-state index is 11.3. The number of rotatable bonds is 3. The Labute approximate surface area is 105 Å². The highest BCUT2D eigenvalue weighted by atomic mass is 16.1. The minimum Gasteiger partial charge on any atom is -0.325 e. The minimum absolute atomic E-state index is 0.145. The predicted octanol–water partition coefficient (Wildman–Crippen LogP) is 2.60. The number of nitrogens with zero attached hydrogens (tertiary/aromatic N) is 2. The first-order valence-electron chi connectivity index (χ1n) is 5.48. The fourth-order valence-electron chi connectivity index (χ4n) is 1.57. The molecule has 4 nitrogen and oxygen atoms in total. The lowest BCUT2D eigenvalue weighted by Crippen LogP contribution is -2.09. The number of carbonyl (C=O) groups is 1. The molecule has 0 aliphatic heterocycles. The van der Waals surface area contributed by atoms with Crippen LogP contribution in [0.3, 0.4) is 0 Å². The van der Waals surface area contributed by atoms with Gasteiger partial charge < -0.3 is 5.32 Å². The number of hydrogen-bond donors (Lipinski definition) is 1. The number of carbonyl (C=O) groups excluding carboxylic acids is 1. The van der Waals surface area contributed by atoms with Crippen LogP contribution in [0.4, 0.5) is 5.69 Å². The Morgan fingerprint density at radius 3 is 2.89 bits per heavy atom. The number of amides is 1. The summed E-state index contributed by atoms with van der Waals surface area (Å²) < 4.78 is 0. The van der Waals surface area contributed by atoms with Gasteiger partial charge >= 0.3 is 0 Å². The van der Waals surface area contributed by atoms with E-state index in [1.807, 2.05) is 42.5 Å². The minimum atomic E-state index is -0.310. The molecule has 1 amide bonds. The Balaban J connectivity index is 2.21. The van der Waals surface area contributed by atoms with Crippen LogP contribution < -0.4 is 5.32 Å². The molecule has 0 aliphatic carbocycles. The van der Waals surface area contributed by atoms with E-state index in [4.69, 9.17) is 5.26 Å². The maximum Gasteiger partial charge on any atom is 0.238 e. The van der Waals surface area contributed by atoms with Gasteiger partial charge in [-0.1, -0.05) is 18.2 Å². The molecule has 1 aromatic carbocycles. The van der Waals surface area contributed by atoms with Crippen molar-refractivity contribution in [3.63, 3.8) is 0 Å². The van der Waals surface area contributed by atoms with Crippen molar-refractivity contribution in [2.24, 2.45) is 0 Å². The molecule has 0 saturated carbocycles. The largest absolute Gasteiger partial charge is 0.325 e. The molecule has 1 heterocycles. The molecule has 0 atom stereocenters. The van der Waals surface area contributed by atoms with Crippen LogP contribution in [0.15, 0.2) is 48.7 Å². The highest BCUT2D eigenvalue weighted by Gasteiger charge is 2.03. The van der Waals surface area contributed by atoms with Crippen molar-refractivity contribution in [3.8, 4) is 17.3 Å². The maximum atomic E-state index is 11.3. The van der Waals surface area contributed by atoms with Crippen molar-refractivity contribution in [1.82, 2.24) is 4.98 Å². The van der Waals surface area contributed by atoms with Gasteiger partial charge in [0.2, 0.25) is 5.91 Å². The van der Waals surface area contributed by atoms with Crippen molar-refractivity contribution in [3.05, 3.63) is 48.7 Å². The molecule has 4 heteroatoms. The highest BCUT2D eigenvalue weighted by molar-refractivity contribution is 5.92. The zero-order valence-electron chi connectivity index (χ0n) is 9.63. The van der Waals surface area contributed by atoms with Gasteiger partial charge in [0.25, 0.3) is 0 Å². The van der Waals surface area contributed by atoms with E-state index in [-0.39, 0.29) is 12.3 Å². The third kappa shape index (κ3) is 2.92. The molecule has 0 fully saturated rings. The van der Waals surface area contributed by atoms with Gasteiger partial charge in [0, 0.05) is 17.4 Å². The third-order valence-corrected chi connectivity index (χ3v) is 2.35. The quantitative estimate of drug-likeness (QED) is 0.892. The van der Waals surface area contributed by atoms with Crippen molar-refractivity contribution < 1.29 is 4.79 Å². The molecule has 0 aliphatic rings. The Hall–Kier alpha value is -2.67. The molecule has 0 spiro atoms. The molecule has 2 aromatic rings. The van der Waals surface area contributed by atoms with Crippen LogP contribution in [-0.4, -0.2) is 10.9 Å². The lowest BCUT2D eigenvalue weighted by Gasteiger charge is -2.05. The van der Waals surface area contributed by atoms with E-state index in [0.29, 0.717) is 5.69 Å². The van der Waals surface area contributed by atoms with Crippen LogP contribution in [-0.2, 0) is 4.79 Å². The average molecular weight is 237 g/mol. The summed E-state index contributed by atoms with van der Waals surface area (Å²) in [6.07, 6.45) is 1.57. The second-order valence-corrected chi connectivity index (χ2v) is 3.68. The zero-order valence-corrected chi connectivity index (χ0v) is 9.63. The number of anilines is 1. The predicted molar refractivity (Wildman–Crippen MR) is 68.5 cm³/mol. The van der Waals surface area contributed by atoms with Gasteiger partial charge in [-0.05, 0) is 24.3 Å². The van der Waals surface area contributed by atoms with E-state index in [2.05, 4.69) is 10.3 Å².